The van der Waals surface area contributed by atoms with E-state index >= 15 is 0 Å². The molecule has 0 radical (unpaired) electrons. The van der Waals surface area contributed by atoms with Crippen LogP contribution in [0, 0.1) is 0 Å². The first kappa shape index (κ1) is 17.8. The van der Waals surface area contributed by atoms with E-state index in [-0.39, 0.29) is 4.47 Å². The van der Waals surface area contributed by atoms with Crippen LogP contribution in [0.15, 0.2) is 22.7 Å². The first-order chi connectivity index (χ1) is 9.49. The number of amides is 1. The number of anilines is 1. The van der Waals surface area contributed by atoms with E-state index in [1.807, 2.05) is 5.32 Å². The standard InChI is InChI=1S/C11H9BrF6N2O/c12-6-1-2-8(7(3-6)11(16,17)18)20-9(21)4-19-5-10(13,14)15/h1-3,19H,4-5H2,(H,20,21). The van der Waals surface area contributed by atoms with Crippen molar-refractivity contribution < 1.29 is 31.1 Å². The molecule has 0 fully saturated rings. The van der Waals surface area contributed by atoms with Gasteiger partial charge in [0, 0.05) is 4.47 Å². The van der Waals surface area contributed by atoms with Crippen LogP contribution in [0.25, 0.3) is 0 Å². The molecule has 0 aromatic heterocycles. The van der Waals surface area contributed by atoms with Gasteiger partial charge in [0.25, 0.3) is 0 Å². The number of carbonyl (C=O) groups excluding carboxylic acids is 1. The van der Waals surface area contributed by atoms with Gasteiger partial charge in [-0.25, -0.2) is 0 Å². The summed E-state index contributed by atoms with van der Waals surface area (Å²) in [4.78, 5) is 11.3. The maximum Gasteiger partial charge on any atom is 0.418 e. The molecule has 0 aliphatic heterocycles. The minimum absolute atomic E-state index is 0.156. The van der Waals surface area contributed by atoms with E-state index in [0.29, 0.717) is 0 Å². The van der Waals surface area contributed by atoms with Crippen molar-refractivity contribution in [2.75, 3.05) is 18.4 Å². The maximum absolute atomic E-state index is 12.8. The Bertz CT molecular complexity index is 514. The fourth-order valence-corrected chi connectivity index (χ4v) is 1.73. The van der Waals surface area contributed by atoms with Gasteiger partial charge in [-0.05, 0) is 18.2 Å². The molecule has 0 saturated carbocycles. The summed E-state index contributed by atoms with van der Waals surface area (Å²) in [7, 11) is 0. The zero-order chi connectivity index (χ0) is 16.3. The summed E-state index contributed by atoms with van der Waals surface area (Å²) in [6.45, 7) is -2.17. The summed E-state index contributed by atoms with van der Waals surface area (Å²) in [6, 6.07) is 3.04. The van der Waals surface area contributed by atoms with Crippen molar-refractivity contribution in [2.45, 2.75) is 12.4 Å². The molecule has 1 amide bonds. The number of halogens is 7. The van der Waals surface area contributed by atoms with Gasteiger partial charge in [0.2, 0.25) is 5.91 Å². The molecule has 1 rings (SSSR count). The summed E-state index contributed by atoms with van der Waals surface area (Å²) >= 11 is 2.87. The van der Waals surface area contributed by atoms with Crippen molar-refractivity contribution in [2.24, 2.45) is 0 Å². The molecule has 118 valence electrons. The summed E-state index contributed by atoms with van der Waals surface area (Å²) in [6.07, 6.45) is -9.21. The van der Waals surface area contributed by atoms with Gasteiger partial charge in [-0.1, -0.05) is 15.9 Å². The van der Waals surface area contributed by atoms with Gasteiger partial charge in [-0.15, -0.1) is 0 Å². The Labute approximate surface area is 123 Å². The lowest BCUT2D eigenvalue weighted by atomic mass is 10.1. The smallest absolute Gasteiger partial charge is 0.324 e. The lowest BCUT2D eigenvalue weighted by molar-refractivity contribution is -0.137. The molecule has 0 unspecified atom stereocenters. The highest BCUT2D eigenvalue weighted by Gasteiger charge is 2.34. The zero-order valence-electron chi connectivity index (χ0n) is 10.2. The van der Waals surface area contributed by atoms with E-state index in [0.717, 1.165) is 12.1 Å². The number of hydrogen-bond acceptors (Lipinski definition) is 2. The molecule has 1 aromatic carbocycles. The van der Waals surface area contributed by atoms with Gasteiger partial charge < -0.3 is 10.6 Å². The van der Waals surface area contributed by atoms with Gasteiger partial charge in [-0.2, -0.15) is 26.3 Å². The minimum atomic E-state index is -4.70. The predicted molar refractivity (Wildman–Crippen MR) is 66.7 cm³/mol. The number of hydrogen-bond donors (Lipinski definition) is 2. The Kier molecular flexibility index (Phi) is 5.62. The molecule has 10 heteroatoms. The molecule has 21 heavy (non-hydrogen) atoms. The van der Waals surface area contributed by atoms with Crippen molar-refractivity contribution >= 4 is 27.5 Å². The van der Waals surface area contributed by atoms with Crippen molar-refractivity contribution in [1.29, 1.82) is 0 Å². The normalized spacial score (nSPS) is 12.3. The molecule has 0 atom stereocenters. The van der Waals surface area contributed by atoms with Crippen LogP contribution in [0.3, 0.4) is 0 Å². The second-order valence-electron chi connectivity index (χ2n) is 3.95. The van der Waals surface area contributed by atoms with E-state index < -0.39 is 42.6 Å². The Morgan fingerprint density at radius 3 is 2.29 bits per heavy atom. The number of alkyl halides is 6. The van der Waals surface area contributed by atoms with Crippen molar-refractivity contribution in [3.8, 4) is 0 Å². The van der Waals surface area contributed by atoms with Gasteiger partial charge in [0.05, 0.1) is 24.3 Å². The van der Waals surface area contributed by atoms with Crippen LogP contribution in [0.2, 0.25) is 0 Å². The molecule has 3 nitrogen and oxygen atoms in total. The number of nitrogens with one attached hydrogen (secondary N) is 2. The lowest BCUT2D eigenvalue weighted by Crippen LogP contribution is -2.35. The molecule has 0 heterocycles. The molecule has 0 aliphatic carbocycles. The number of rotatable bonds is 4. The molecular formula is C11H9BrF6N2O. The lowest BCUT2D eigenvalue weighted by Gasteiger charge is -2.14. The Morgan fingerprint density at radius 2 is 1.76 bits per heavy atom. The largest absolute Gasteiger partial charge is 0.418 e. The van der Waals surface area contributed by atoms with Crippen LogP contribution < -0.4 is 10.6 Å². The highest BCUT2D eigenvalue weighted by atomic mass is 79.9. The summed E-state index contributed by atoms with van der Waals surface area (Å²) in [5.74, 6) is -1.01. The maximum atomic E-state index is 12.8. The van der Waals surface area contributed by atoms with Crippen LogP contribution in [-0.4, -0.2) is 25.2 Å². The highest BCUT2D eigenvalue weighted by Crippen LogP contribution is 2.36. The molecule has 1 aromatic rings. The van der Waals surface area contributed by atoms with Crippen LogP contribution in [0.5, 0.6) is 0 Å². The Hall–Kier alpha value is -1.29. The fourth-order valence-electron chi connectivity index (χ4n) is 1.37. The SMILES string of the molecule is O=C(CNCC(F)(F)F)Nc1ccc(Br)cc1C(F)(F)F. The third kappa shape index (κ3) is 6.34. The van der Waals surface area contributed by atoms with E-state index in [4.69, 9.17) is 0 Å². The van der Waals surface area contributed by atoms with Crippen molar-refractivity contribution in [3.63, 3.8) is 0 Å². The van der Waals surface area contributed by atoms with Gasteiger partial charge >= 0.3 is 12.4 Å². The van der Waals surface area contributed by atoms with E-state index in [1.165, 1.54) is 6.07 Å². The highest BCUT2D eigenvalue weighted by molar-refractivity contribution is 9.10. The third-order valence-corrected chi connectivity index (χ3v) is 2.67. The molecule has 0 aliphatic rings. The summed E-state index contributed by atoms with van der Waals surface area (Å²) in [5, 5.41) is 3.71. The monoisotopic (exact) mass is 378 g/mol. The predicted octanol–water partition coefficient (Wildman–Crippen LogP) is 3.56. The van der Waals surface area contributed by atoms with E-state index in [1.54, 1.807) is 5.32 Å². The Balaban J connectivity index is 2.73. The van der Waals surface area contributed by atoms with Crippen LogP contribution in [0.4, 0.5) is 32.0 Å². The average molecular weight is 379 g/mol. The van der Waals surface area contributed by atoms with Crippen molar-refractivity contribution in [3.05, 3.63) is 28.2 Å². The molecule has 0 bridgehead atoms. The quantitative estimate of drug-likeness (QED) is 0.786. The fraction of sp³-hybridized carbons (Fsp3) is 0.364. The third-order valence-electron chi connectivity index (χ3n) is 2.17. The molecular weight excluding hydrogens is 370 g/mol. The van der Waals surface area contributed by atoms with Gasteiger partial charge in [-0.3, -0.25) is 4.79 Å². The van der Waals surface area contributed by atoms with E-state index in [2.05, 4.69) is 15.9 Å². The van der Waals surface area contributed by atoms with Crippen LogP contribution in [-0.2, 0) is 11.0 Å². The Morgan fingerprint density at radius 1 is 1.14 bits per heavy atom. The number of carbonyl (C=O) groups is 1. The second kappa shape index (κ2) is 6.65. The molecule has 0 saturated heterocycles. The van der Waals surface area contributed by atoms with E-state index in [9.17, 15) is 31.1 Å². The summed E-state index contributed by atoms with van der Waals surface area (Å²) in [5.41, 5.74) is -1.62. The first-order valence-corrected chi connectivity index (χ1v) is 6.22. The molecule has 0 spiro atoms. The van der Waals surface area contributed by atoms with Gasteiger partial charge in [0.1, 0.15) is 0 Å². The minimum Gasteiger partial charge on any atom is -0.324 e. The average Bonchev–Trinajstić information content (AvgIpc) is 2.28. The van der Waals surface area contributed by atoms with Gasteiger partial charge in [0.15, 0.2) is 0 Å². The topological polar surface area (TPSA) is 41.1 Å². The summed E-state index contributed by atoms with van der Waals surface area (Å²) < 4.78 is 74.0. The zero-order valence-corrected chi connectivity index (χ0v) is 11.8. The first-order valence-electron chi connectivity index (χ1n) is 5.43. The second-order valence-corrected chi connectivity index (χ2v) is 4.87. The van der Waals surface area contributed by atoms with Crippen LogP contribution in [0.1, 0.15) is 5.56 Å². The number of benzene rings is 1. The van der Waals surface area contributed by atoms with Crippen LogP contribution >= 0.6 is 15.9 Å². The van der Waals surface area contributed by atoms with Crippen molar-refractivity contribution in [1.82, 2.24) is 5.32 Å². The molecule has 2 N–H and O–H groups in total.